The molecule has 0 spiro atoms. The van der Waals surface area contributed by atoms with Gasteiger partial charge in [-0.2, -0.15) is 0 Å². The molecule has 4 N–H and O–H groups in total. The summed E-state index contributed by atoms with van der Waals surface area (Å²) in [6.45, 7) is 2.11. The van der Waals surface area contributed by atoms with Gasteiger partial charge in [-0.3, -0.25) is 4.79 Å². The van der Waals surface area contributed by atoms with Crippen LogP contribution in [0.15, 0.2) is 18.2 Å². The number of carbonyl (C=O) groups excluding carboxylic acids is 1. The van der Waals surface area contributed by atoms with Gasteiger partial charge in [-0.05, 0) is 31.5 Å². The quantitative estimate of drug-likeness (QED) is 0.662. The number of carbonyl (C=O) groups is 1. The number of aliphatic hydroxyl groups excluding tert-OH is 1. The molecule has 1 atom stereocenters. The SMILES string of the molecule is COc1cc(C(=O)NCCC(C)O)ccc1N. The number of ether oxygens (including phenoxy) is 1. The lowest BCUT2D eigenvalue weighted by molar-refractivity contribution is 0.0945. The van der Waals surface area contributed by atoms with Crippen LogP contribution < -0.4 is 15.8 Å². The summed E-state index contributed by atoms with van der Waals surface area (Å²) in [5.74, 6) is 0.275. The molecule has 94 valence electrons. The van der Waals surface area contributed by atoms with Gasteiger partial charge < -0.3 is 20.9 Å². The lowest BCUT2D eigenvalue weighted by atomic mass is 10.1. The third-order valence-corrected chi connectivity index (χ3v) is 2.34. The van der Waals surface area contributed by atoms with Crippen molar-refractivity contribution in [3.63, 3.8) is 0 Å². The number of aliphatic hydroxyl groups is 1. The minimum absolute atomic E-state index is 0.205. The lowest BCUT2D eigenvalue weighted by Gasteiger charge is -2.09. The number of nitrogens with two attached hydrogens (primary N) is 1. The van der Waals surface area contributed by atoms with Crippen molar-refractivity contribution in [1.29, 1.82) is 0 Å². The van der Waals surface area contributed by atoms with E-state index in [1.807, 2.05) is 0 Å². The zero-order valence-electron chi connectivity index (χ0n) is 10.1. The summed E-state index contributed by atoms with van der Waals surface area (Å²) in [5, 5.41) is 11.8. The second-order valence-corrected chi connectivity index (χ2v) is 3.85. The fourth-order valence-electron chi connectivity index (χ4n) is 1.35. The van der Waals surface area contributed by atoms with E-state index < -0.39 is 6.10 Å². The summed E-state index contributed by atoms with van der Waals surface area (Å²) in [7, 11) is 1.50. The molecule has 5 heteroatoms. The zero-order chi connectivity index (χ0) is 12.8. The minimum atomic E-state index is -0.420. The van der Waals surface area contributed by atoms with E-state index >= 15 is 0 Å². The largest absolute Gasteiger partial charge is 0.495 e. The standard InChI is InChI=1S/C12H18N2O3/c1-8(15)5-6-14-12(16)9-3-4-10(13)11(7-9)17-2/h3-4,7-8,15H,5-6,13H2,1-2H3,(H,14,16). The molecule has 1 unspecified atom stereocenters. The summed E-state index contributed by atoms with van der Waals surface area (Å²) in [6.07, 6.45) is 0.106. The Balaban J connectivity index is 2.63. The number of nitrogens with one attached hydrogen (secondary N) is 1. The maximum Gasteiger partial charge on any atom is 0.251 e. The van der Waals surface area contributed by atoms with Gasteiger partial charge in [0, 0.05) is 12.1 Å². The van der Waals surface area contributed by atoms with E-state index in [1.165, 1.54) is 7.11 Å². The molecule has 0 aliphatic rings. The first kappa shape index (κ1) is 13.3. The average molecular weight is 238 g/mol. The minimum Gasteiger partial charge on any atom is -0.495 e. The molecule has 5 nitrogen and oxygen atoms in total. The third-order valence-electron chi connectivity index (χ3n) is 2.34. The molecule has 1 aromatic rings. The van der Waals surface area contributed by atoms with Crippen molar-refractivity contribution in [2.45, 2.75) is 19.4 Å². The molecule has 0 fully saturated rings. The summed E-state index contributed by atoms with van der Waals surface area (Å²) in [5.41, 5.74) is 6.63. The molecule has 1 rings (SSSR count). The monoisotopic (exact) mass is 238 g/mol. The molecule has 0 aromatic heterocycles. The fourth-order valence-corrected chi connectivity index (χ4v) is 1.35. The molecule has 0 saturated heterocycles. The Labute approximate surface area is 101 Å². The highest BCUT2D eigenvalue weighted by molar-refractivity contribution is 5.95. The Kier molecular flexibility index (Phi) is 4.78. The number of hydrogen-bond donors (Lipinski definition) is 3. The Morgan fingerprint density at radius 1 is 1.59 bits per heavy atom. The average Bonchev–Trinajstić information content (AvgIpc) is 2.29. The second-order valence-electron chi connectivity index (χ2n) is 3.85. The molecular weight excluding hydrogens is 220 g/mol. The van der Waals surface area contributed by atoms with E-state index in [2.05, 4.69) is 5.32 Å². The molecule has 0 heterocycles. The number of nitrogen functional groups attached to an aromatic ring is 1. The van der Waals surface area contributed by atoms with Crippen molar-refractivity contribution in [1.82, 2.24) is 5.32 Å². The number of hydrogen-bond acceptors (Lipinski definition) is 4. The van der Waals surface area contributed by atoms with E-state index in [-0.39, 0.29) is 5.91 Å². The summed E-state index contributed by atoms with van der Waals surface area (Å²) in [4.78, 5) is 11.7. The Hall–Kier alpha value is -1.75. The van der Waals surface area contributed by atoms with E-state index in [9.17, 15) is 4.79 Å². The number of rotatable bonds is 5. The summed E-state index contributed by atoms with van der Waals surface area (Å²) >= 11 is 0. The molecule has 0 aliphatic heterocycles. The maximum absolute atomic E-state index is 11.7. The summed E-state index contributed by atoms with van der Waals surface area (Å²) in [6, 6.07) is 4.85. The van der Waals surface area contributed by atoms with Gasteiger partial charge >= 0.3 is 0 Å². The Morgan fingerprint density at radius 3 is 2.88 bits per heavy atom. The van der Waals surface area contributed by atoms with Crippen molar-refractivity contribution in [2.75, 3.05) is 19.4 Å². The van der Waals surface area contributed by atoms with Crippen LogP contribution >= 0.6 is 0 Å². The van der Waals surface area contributed by atoms with Gasteiger partial charge in [0.2, 0.25) is 0 Å². The predicted molar refractivity (Wildman–Crippen MR) is 66.0 cm³/mol. The van der Waals surface area contributed by atoms with Crippen LogP contribution in [-0.4, -0.2) is 30.8 Å². The van der Waals surface area contributed by atoms with Crippen LogP contribution in [0.5, 0.6) is 5.75 Å². The van der Waals surface area contributed by atoms with E-state index in [0.29, 0.717) is 30.0 Å². The smallest absolute Gasteiger partial charge is 0.251 e. The van der Waals surface area contributed by atoms with E-state index in [1.54, 1.807) is 25.1 Å². The van der Waals surface area contributed by atoms with Crippen LogP contribution in [0.2, 0.25) is 0 Å². The first-order valence-corrected chi connectivity index (χ1v) is 5.44. The van der Waals surface area contributed by atoms with Gasteiger partial charge in [-0.1, -0.05) is 0 Å². The topological polar surface area (TPSA) is 84.6 Å². The van der Waals surface area contributed by atoms with Crippen molar-refractivity contribution >= 4 is 11.6 Å². The van der Waals surface area contributed by atoms with Crippen LogP contribution in [-0.2, 0) is 0 Å². The van der Waals surface area contributed by atoms with Gasteiger partial charge in [-0.25, -0.2) is 0 Å². The number of benzene rings is 1. The van der Waals surface area contributed by atoms with Crippen molar-refractivity contribution < 1.29 is 14.6 Å². The van der Waals surface area contributed by atoms with Crippen LogP contribution in [0.4, 0.5) is 5.69 Å². The van der Waals surface area contributed by atoms with E-state index in [0.717, 1.165) is 0 Å². The fraction of sp³-hybridized carbons (Fsp3) is 0.417. The van der Waals surface area contributed by atoms with Crippen molar-refractivity contribution in [3.8, 4) is 5.75 Å². The van der Waals surface area contributed by atoms with Gasteiger partial charge in [0.05, 0.1) is 18.9 Å². The normalized spacial score (nSPS) is 11.9. The van der Waals surface area contributed by atoms with Gasteiger partial charge in [-0.15, -0.1) is 0 Å². The number of amides is 1. The maximum atomic E-state index is 11.7. The molecule has 0 radical (unpaired) electrons. The Morgan fingerprint density at radius 2 is 2.29 bits per heavy atom. The van der Waals surface area contributed by atoms with Gasteiger partial charge in [0.15, 0.2) is 0 Å². The molecule has 17 heavy (non-hydrogen) atoms. The van der Waals surface area contributed by atoms with Crippen LogP contribution in [0.1, 0.15) is 23.7 Å². The third kappa shape index (κ3) is 3.96. The van der Waals surface area contributed by atoms with Gasteiger partial charge in [0.25, 0.3) is 5.91 Å². The molecule has 0 saturated carbocycles. The highest BCUT2D eigenvalue weighted by Crippen LogP contribution is 2.21. The van der Waals surface area contributed by atoms with E-state index in [4.69, 9.17) is 15.6 Å². The van der Waals surface area contributed by atoms with Crippen LogP contribution in [0, 0.1) is 0 Å². The molecule has 1 aromatic carbocycles. The van der Waals surface area contributed by atoms with Crippen LogP contribution in [0.25, 0.3) is 0 Å². The number of methoxy groups -OCH3 is 1. The molecule has 1 amide bonds. The molecule has 0 bridgehead atoms. The Bertz CT molecular complexity index is 391. The second kappa shape index (κ2) is 6.10. The van der Waals surface area contributed by atoms with Gasteiger partial charge in [0.1, 0.15) is 5.75 Å². The molecular formula is C12H18N2O3. The zero-order valence-corrected chi connectivity index (χ0v) is 10.1. The first-order chi connectivity index (χ1) is 8.04. The highest BCUT2D eigenvalue weighted by Gasteiger charge is 2.08. The predicted octanol–water partition coefficient (Wildman–Crippen LogP) is 0.778. The highest BCUT2D eigenvalue weighted by atomic mass is 16.5. The molecule has 0 aliphatic carbocycles. The summed E-state index contributed by atoms with van der Waals surface area (Å²) < 4.78 is 5.03. The van der Waals surface area contributed by atoms with Crippen molar-refractivity contribution in [2.24, 2.45) is 0 Å². The lowest BCUT2D eigenvalue weighted by Crippen LogP contribution is -2.26. The first-order valence-electron chi connectivity index (χ1n) is 5.44. The van der Waals surface area contributed by atoms with Crippen LogP contribution in [0.3, 0.4) is 0 Å². The number of anilines is 1. The van der Waals surface area contributed by atoms with Crippen molar-refractivity contribution in [3.05, 3.63) is 23.8 Å².